The quantitative estimate of drug-likeness (QED) is 0.878. The second-order valence-corrected chi connectivity index (χ2v) is 6.06. The molecule has 2 rings (SSSR count). The minimum absolute atomic E-state index is 0.349. The van der Waals surface area contributed by atoms with Crippen molar-refractivity contribution in [2.45, 2.75) is 12.0 Å². The number of aromatic nitrogens is 1. The normalized spacial score (nSPS) is 22.7. The number of amides is 1. The standard InChI is InChI=1S/C11H11BrN2O3S/c12-8-3-7(4-13-5-8)9(15)14-11(10(16)17)1-2-18-6-11/h3-5H,1-2,6H2,(H,14,15)(H,16,17)/t11-/m1/s1. The average molecular weight is 331 g/mol. The summed E-state index contributed by atoms with van der Waals surface area (Å²) in [5.41, 5.74) is -0.800. The summed E-state index contributed by atoms with van der Waals surface area (Å²) >= 11 is 4.75. The van der Waals surface area contributed by atoms with Gasteiger partial charge in [0.25, 0.3) is 5.91 Å². The first kappa shape index (κ1) is 13.4. The molecule has 1 amide bonds. The molecule has 0 bridgehead atoms. The molecule has 1 fully saturated rings. The number of pyridine rings is 1. The van der Waals surface area contributed by atoms with Gasteiger partial charge in [-0.05, 0) is 34.2 Å². The Hall–Kier alpha value is -1.08. The maximum absolute atomic E-state index is 12.0. The van der Waals surface area contributed by atoms with Crippen LogP contribution in [0.25, 0.3) is 0 Å². The van der Waals surface area contributed by atoms with Crippen LogP contribution in [0.5, 0.6) is 0 Å². The molecule has 1 aromatic rings. The predicted molar refractivity (Wildman–Crippen MR) is 71.7 cm³/mol. The summed E-state index contributed by atoms with van der Waals surface area (Å²) in [5, 5.41) is 11.9. The first-order valence-electron chi connectivity index (χ1n) is 5.28. The molecule has 0 saturated carbocycles. The summed E-state index contributed by atoms with van der Waals surface area (Å²) in [7, 11) is 0. The van der Waals surface area contributed by atoms with Crippen molar-refractivity contribution in [3.63, 3.8) is 0 Å². The van der Waals surface area contributed by atoms with Crippen molar-refractivity contribution in [1.82, 2.24) is 10.3 Å². The van der Waals surface area contributed by atoms with Crippen LogP contribution in [0.1, 0.15) is 16.8 Å². The van der Waals surface area contributed by atoms with E-state index in [9.17, 15) is 14.7 Å². The lowest BCUT2D eigenvalue weighted by Gasteiger charge is -2.24. The molecule has 18 heavy (non-hydrogen) atoms. The van der Waals surface area contributed by atoms with Crippen molar-refractivity contribution in [3.05, 3.63) is 28.5 Å². The first-order chi connectivity index (χ1) is 8.53. The lowest BCUT2D eigenvalue weighted by molar-refractivity contribution is -0.143. The van der Waals surface area contributed by atoms with Gasteiger partial charge in [-0.2, -0.15) is 11.8 Å². The van der Waals surface area contributed by atoms with E-state index in [0.717, 1.165) is 5.75 Å². The van der Waals surface area contributed by atoms with Crippen molar-refractivity contribution in [3.8, 4) is 0 Å². The number of carboxylic acid groups (broad SMARTS) is 1. The molecule has 1 aromatic heterocycles. The maximum Gasteiger partial charge on any atom is 0.330 e. The number of hydrogen-bond acceptors (Lipinski definition) is 4. The molecule has 7 heteroatoms. The van der Waals surface area contributed by atoms with Crippen LogP contribution in [0.3, 0.4) is 0 Å². The zero-order valence-corrected chi connectivity index (χ0v) is 11.8. The predicted octanol–water partition coefficient (Wildman–Crippen LogP) is 1.53. The number of carbonyl (C=O) groups is 2. The number of hydrogen-bond donors (Lipinski definition) is 2. The number of carbonyl (C=O) groups excluding carboxylic acids is 1. The number of nitrogens with zero attached hydrogens (tertiary/aromatic N) is 1. The second-order valence-electron chi connectivity index (χ2n) is 4.04. The summed E-state index contributed by atoms with van der Waals surface area (Å²) in [4.78, 5) is 27.2. The number of rotatable bonds is 3. The largest absolute Gasteiger partial charge is 0.479 e. The minimum atomic E-state index is -1.15. The number of aliphatic carboxylic acids is 1. The van der Waals surface area contributed by atoms with Crippen LogP contribution in [0.2, 0.25) is 0 Å². The molecular weight excluding hydrogens is 320 g/mol. The van der Waals surface area contributed by atoms with E-state index in [-0.39, 0.29) is 0 Å². The van der Waals surface area contributed by atoms with Gasteiger partial charge in [-0.25, -0.2) is 4.79 Å². The summed E-state index contributed by atoms with van der Waals surface area (Å²) in [6.45, 7) is 0. The van der Waals surface area contributed by atoms with Gasteiger partial charge in [0, 0.05) is 22.6 Å². The Morgan fingerprint density at radius 1 is 1.50 bits per heavy atom. The van der Waals surface area contributed by atoms with Crippen molar-refractivity contribution >= 4 is 39.6 Å². The zero-order valence-electron chi connectivity index (χ0n) is 9.35. The second kappa shape index (κ2) is 5.27. The molecule has 0 unspecified atom stereocenters. The summed E-state index contributed by atoms with van der Waals surface area (Å²) in [6.07, 6.45) is 3.42. The zero-order chi connectivity index (χ0) is 13.2. The van der Waals surface area contributed by atoms with E-state index in [2.05, 4.69) is 26.2 Å². The SMILES string of the molecule is O=C(N[C@]1(C(=O)O)CCSC1)c1cncc(Br)c1. The molecular formula is C11H11BrN2O3S. The fourth-order valence-corrected chi connectivity index (χ4v) is 3.40. The molecule has 1 aliphatic heterocycles. The number of thioether (sulfide) groups is 1. The van der Waals surface area contributed by atoms with E-state index in [1.54, 1.807) is 12.3 Å². The fraction of sp³-hybridized carbons (Fsp3) is 0.364. The Morgan fingerprint density at radius 2 is 2.28 bits per heavy atom. The van der Waals surface area contributed by atoms with Gasteiger partial charge in [-0.15, -0.1) is 0 Å². The van der Waals surface area contributed by atoms with E-state index < -0.39 is 17.4 Å². The average Bonchev–Trinajstić information content (AvgIpc) is 2.79. The number of nitrogens with one attached hydrogen (secondary N) is 1. The molecule has 0 aromatic carbocycles. The van der Waals surface area contributed by atoms with Crippen molar-refractivity contribution < 1.29 is 14.7 Å². The lowest BCUT2D eigenvalue weighted by atomic mass is 9.99. The lowest BCUT2D eigenvalue weighted by Crippen LogP contribution is -2.54. The van der Waals surface area contributed by atoms with Gasteiger partial charge in [-0.1, -0.05) is 0 Å². The third-order valence-corrected chi connectivity index (χ3v) is 4.37. The molecule has 1 aliphatic rings. The number of carboxylic acids is 1. The monoisotopic (exact) mass is 330 g/mol. The Kier molecular flexibility index (Phi) is 3.91. The van der Waals surface area contributed by atoms with Gasteiger partial charge < -0.3 is 10.4 Å². The maximum atomic E-state index is 12.0. The van der Waals surface area contributed by atoms with Crippen molar-refractivity contribution in [2.24, 2.45) is 0 Å². The van der Waals surface area contributed by atoms with E-state index in [1.165, 1.54) is 18.0 Å². The highest BCUT2D eigenvalue weighted by Gasteiger charge is 2.43. The summed E-state index contributed by atoms with van der Waals surface area (Å²) in [5.74, 6) is -0.253. The van der Waals surface area contributed by atoms with E-state index in [0.29, 0.717) is 22.2 Å². The topological polar surface area (TPSA) is 79.3 Å². The van der Waals surface area contributed by atoms with Crippen LogP contribution in [-0.4, -0.2) is 39.0 Å². The van der Waals surface area contributed by atoms with Crippen molar-refractivity contribution in [2.75, 3.05) is 11.5 Å². The summed E-state index contributed by atoms with van der Waals surface area (Å²) in [6, 6.07) is 1.61. The number of halogens is 1. The van der Waals surface area contributed by atoms with Crippen LogP contribution in [0.15, 0.2) is 22.9 Å². The smallest absolute Gasteiger partial charge is 0.330 e. The molecule has 5 nitrogen and oxygen atoms in total. The highest BCUT2D eigenvalue weighted by atomic mass is 79.9. The van der Waals surface area contributed by atoms with Gasteiger partial charge in [0.2, 0.25) is 0 Å². The molecule has 0 radical (unpaired) electrons. The van der Waals surface area contributed by atoms with Crippen LogP contribution in [0.4, 0.5) is 0 Å². The molecule has 1 saturated heterocycles. The highest BCUT2D eigenvalue weighted by molar-refractivity contribution is 9.10. The van der Waals surface area contributed by atoms with E-state index in [4.69, 9.17) is 0 Å². The van der Waals surface area contributed by atoms with Gasteiger partial charge in [0.05, 0.1) is 5.56 Å². The van der Waals surface area contributed by atoms with Gasteiger partial charge in [-0.3, -0.25) is 9.78 Å². The van der Waals surface area contributed by atoms with Crippen LogP contribution in [0, 0.1) is 0 Å². The third-order valence-electron chi connectivity index (χ3n) is 2.75. The Morgan fingerprint density at radius 3 is 2.83 bits per heavy atom. The highest BCUT2D eigenvalue weighted by Crippen LogP contribution is 2.28. The van der Waals surface area contributed by atoms with Gasteiger partial charge in [0.1, 0.15) is 5.54 Å². The van der Waals surface area contributed by atoms with Gasteiger partial charge >= 0.3 is 5.97 Å². The molecule has 2 heterocycles. The third kappa shape index (κ3) is 2.67. The molecule has 0 spiro atoms. The van der Waals surface area contributed by atoms with Crippen LogP contribution < -0.4 is 5.32 Å². The summed E-state index contributed by atoms with van der Waals surface area (Å²) < 4.78 is 0.681. The first-order valence-corrected chi connectivity index (χ1v) is 7.22. The van der Waals surface area contributed by atoms with E-state index >= 15 is 0 Å². The Labute approximate surface area is 116 Å². The molecule has 96 valence electrons. The van der Waals surface area contributed by atoms with Crippen LogP contribution in [-0.2, 0) is 4.79 Å². The molecule has 1 atom stereocenters. The fourth-order valence-electron chi connectivity index (χ4n) is 1.71. The van der Waals surface area contributed by atoms with Gasteiger partial charge in [0.15, 0.2) is 0 Å². The Balaban J connectivity index is 2.18. The minimum Gasteiger partial charge on any atom is -0.479 e. The molecule has 0 aliphatic carbocycles. The van der Waals surface area contributed by atoms with Crippen molar-refractivity contribution in [1.29, 1.82) is 0 Å². The van der Waals surface area contributed by atoms with E-state index in [1.807, 2.05) is 0 Å². The molecule has 2 N–H and O–H groups in total. The Bertz CT molecular complexity index is 489. The van der Waals surface area contributed by atoms with Crippen LogP contribution >= 0.6 is 27.7 Å².